The van der Waals surface area contributed by atoms with E-state index in [0.717, 1.165) is 5.69 Å². The molecule has 6 nitrogen and oxygen atoms in total. The summed E-state index contributed by atoms with van der Waals surface area (Å²) < 4.78 is 28.2. The average molecular weight is 389 g/mol. The highest BCUT2D eigenvalue weighted by Gasteiger charge is 2.38. The van der Waals surface area contributed by atoms with Crippen molar-refractivity contribution in [2.24, 2.45) is 5.41 Å². The van der Waals surface area contributed by atoms with Crippen molar-refractivity contribution in [1.82, 2.24) is 14.8 Å². The van der Waals surface area contributed by atoms with E-state index in [4.69, 9.17) is 0 Å². The number of carbonyl (C=O) groups excluding carboxylic acids is 2. The number of Topliss-reactive ketones (excluding diaryl/α,β-unsaturated/α-hetero) is 2. The number of pyridine rings is 1. The van der Waals surface area contributed by atoms with Gasteiger partial charge >= 0.3 is 0 Å². The minimum Gasteiger partial charge on any atom is -0.511 e. The fourth-order valence-corrected chi connectivity index (χ4v) is 3.39. The first-order valence-corrected chi connectivity index (χ1v) is 8.85. The van der Waals surface area contributed by atoms with Crippen LogP contribution in [-0.2, 0) is 11.3 Å². The Balaban J connectivity index is 1.98. The number of halogens is 2. The van der Waals surface area contributed by atoms with Gasteiger partial charge in [0.2, 0.25) is 5.78 Å². The largest absolute Gasteiger partial charge is 0.511 e. The second-order valence-electron chi connectivity index (χ2n) is 7.79. The van der Waals surface area contributed by atoms with Gasteiger partial charge in [0, 0.05) is 24.7 Å². The SMILES string of the molecule is Cc1cccc(Cn2cc(C(=O)C3=C(O)CC(C)(C)CC3=O)c(C(F)F)n2)n1. The molecule has 0 saturated heterocycles. The molecule has 3 rings (SSSR count). The fourth-order valence-electron chi connectivity index (χ4n) is 3.39. The van der Waals surface area contributed by atoms with Crippen LogP contribution in [0, 0.1) is 12.3 Å². The first-order valence-electron chi connectivity index (χ1n) is 8.85. The first-order chi connectivity index (χ1) is 13.1. The Hall–Kier alpha value is -2.90. The zero-order chi connectivity index (χ0) is 20.6. The third-order valence-electron chi connectivity index (χ3n) is 4.59. The standard InChI is InChI=1S/C20H21F2N3O3/c1-11-5-4-6-12(23-11)9-25-10-13(17(24-25)19(21)22)18(28)16-14(26)7-20(2,3)8-15(16)27/h4-6,10,19,26H,7-9H2,1-3H3. The van der Waals surface area contributed by atoms with Gasteiger partial charge in [0.05, 0.1) is 17.8 Å². The molecule has 0 fully saturated rings. The highest BCUT2D eigenvalue weighted by molar-refractivity contribution is 6.27. The molecule has 0 bridgehead atoms. The molecule has 2 aromatic rings. The second-order valence-corrected chi connectivity index (χ2v) is 7.79. The number of allylic oxidation sites excluding steroid dienone is 2. The summed E-state index contributed by atoms with van der Waals surface area (Å²) in [6, 6.07) is 5.31. The van der Waals surface area contributed by atoms with Gasteiger partial charge in [-0.3, -0.25) is 19.3 Å². The topological polar surface area (TPSA) is 85.1 Å². The molecule has 2 heterocycles. The predicted octanol–water partition coefficient (Wildman–Crippen LogP) is 3.96. The lowest BCUT2D eigenvalue weighted by atomic mass is 9.75. The monoisotopic (exact) mass is 389 g/mol. The first kappa shape index (κ1) is 19.9. The Morgan fingerprint density at radius 3 is 2.64 bits per heavy atom. The van der Waals surface area contributed by atoms with Gasteiger partial charge in [0.15, 0.2) is 5.78 Å². The molecule has 0 radical (unpaired) electrons. The Labute approximate surface area is 160 Å². The summed E-state index contributed by atoms with van der Waals surface area (Å²) in [6.45, 7) is 5.48. The average Bonchev–Trinajstić information content (AvgIpc) is 2.97. The molecule has 0 amide bonds. The summed E-state index contributed by atoms with van der Waals surface area (Å²) in [6.07, 6.45) is -1.63. The number of aryl methyl sites for hydroxylation is 1. The van der Waals surface area contributed by atoms with Crippen molar-refractivity contribution in [3.8, 4) is 0 Å². The van der Waals surface area contributed by atoms with E-state index in [9.17, 15) is 23.5 Å². The molecule has 2 aromatic heterocycles. The van der Waals surface area contributed by atoms with Crippen molar-refractivity contribution in [3.63, 3.8) is 0 Å². The van der Waals surface area contributed by atoms with Crippen molar-refractivity contribution in [2.75, 3.05) is 0 Å². The van der Waals surface area contributed by atoms with Crippen LogP contribution in [0.2, 0.25) is 0 Å². The predicted molar refractivity (Wildman–Crippen MR) is 97.3 cm³/mol. The number of hydrogen-bond donors (Lipinski definition) is 1. The number of aromatic nitrogens is 3. The molecule has 8 heteroatoms. The molecule has 0 unspecified atom stereocenters. The van der Waals surface area contributed by atoms with E-state index in [-0.39, 0.29) is 30.7 Å². The number of aliphatic hydroxyl groups is 1. The second kappa shape index (κ2) is 7.26. The summed E-state index contributed by atoms with van der Waals surface area (Å²) in [5.74, 6) is -1.83. The molecule has 1 N–H and O–H groups in total. The third kappa shape index (κ3) is 4.00. The Morgan fingerprint density at radius 2 is 2.04 bits per heavy atom. The number of rotatable bonds is 5. The van der Waals surface area contributed by atoms with E-state index in [1.807, 2.05) is 0 Å². The number of ketones is 2. The number of nitrogens with zero attached hydrogens (tertiary/aromatic N) is 3. The molecule has 28 heavy (non-hydrogen) atoms. The van der Waals surface area contributed by atoms with Gasteiger partial charge in [-0.2, -0.15) is 5.10 Å². The highest BCUT2D eigenvalue weighted by Crippen LogP contribution is 2.37. The quantitative estimate of drug-likeness (QED) is 0.618. The summed E-state index contributed by atoms with van der Waals surface area (Å²) in [4.78, 5) is 29.5. The summed E-state index contributed by atoms with van der Waals surface area (Å²) in [5.41, 5.74) is -0.639. The normalized spacial score (nSPS) is 16.7. The van der Waals surface area contributed by atoms with Gasteiger partial charge < -0.3 is 5.11 Å². The van der Waals surface area contributed by atoms with Crippen molar-refractivity contribution < 1.29 is 23.5 Å². The van der Waals surface area contributed by atoms with Crippen molar-refractivity contribution in [2.45, 2.75) is 46.6 Å². The van der Waals surface area contributed by atoms with E-state index in [1.54, 1.807) is 39.0 Å². The van der Waals surface area contributed by atoms with Crippen LogP contribution in [0.25, 0.3) is 0 Å². The number of aliphatic hydroxyl groups excluding tert-OH is 1. The molecule has 148 valence electrons. The van der Waals surface area contributed by atoms with Gasteiger partial charge in [0.1, 0.15) is 17.0 Å². The third-order valence-corrected chi connectivity index (χ3v) is 4.59. The van der Waals surface area contributed by atoms with Gasteiger partial charge in [-0.05, 0) is 24.5 Å². The zero-order valence-electron chi connectivity index (χ0n) is 15.9. The van der Waals surface area contributed by atoms with Crippen LogP contribution in [0.5, 0.6) is 0 Å². The number of alkyl halides is 2. The van der Waals surface area contributed by atoms with Crippen molar-refractivity contribution in [3.05, 3.63) is 58.4 Å². The maximum absolute atomic E-state index is 13.5. The lowest BCUT2D eigenvalue weighted by molar-refractivity contribution is -0.118. The summed E-state index contributed by atoms with van der Waals surface area (Å²) in [5, 5.41) is 14.0. The van der Waals surface area contributed by atoms with E-state index in [0.29, 0.717) is 5.69 Å². The van der Waals surface area contributed by atoms with Crippen molar-refractivity contribution >= 4 is 11.6 Å². The smallest absolute Gasteiger partial charge is 0.282 e. The van der Waals surface area contributed by atoms with Crippen LogP contribution in [0.1, 0.15) is 60.6 Å². The Kier molecular flexibility index (Phi) is 5.14. The highest BCUT2D eigenvalue weighted by atomic mass is 19.3. The van der Waals surface area contributed by atoms with Crippen LogP contribution in [0.15, 0.2) is 35.7 Å². The van der Waals surface area contributed by atoms with Gasteiger partial charge in [-0.25, -0.2) is 8.78 Å². The molecule has 0 atom stereocenters. The molecule has 1 aliphatic rings. The van der Waals surface area contributed by atoms with Crippen LogP contribution in [-0.4, -0.2) is 31.4 Å². The Morgan fingerprint density at radius 1 is 1.32 bits per heavy atom. The molecule has 0 aliphatic heterocycles. The molecular weight excluding hydrogens is 368 g/mol. The van der Waals surface area contributed by atoms with E-state index in [2.05, 4.69) is 10.1 Å². The lowest BCUT2D eigenvalue weighted by Gasteiger charge is -2.28. The van der Waals surface area contributed by atoms with Crippen molar-refractivity contribution in [1.29, 1.82) is 0 Å². The van der Waals surface area contributed by atoms with Gasteiger partial charge in [0.25, 0.3) is 6.43 Å². The Bertz CT molecular complexity index is 977. The lowest BCUT2D eigenvalue weighted by Crippen LogP contribution is -2.29. The van der Waals surface area contributed by atoms with E-state index in [1.165, 1.54) is 10.9 Å². The maximum atomic E-state index is 13.5. The molecular formula is C20H21F2N3O3. The molecule has 0 spiro atoms. The van der Waals surface area contributed by atoms with Gasteiger partial charge in [-0.15, -0.1) is 0 Å². The molecule has 1 aliphatic carbocycles. The van der Waals surface area contributed by atoms with E-state index < -0.39 is 34.7 Å². The molecule has 0 aromatic carbocycles. The molecule has 0 saturated carbocycles. The van der Waals surface area contributed by atoms with E-state index >= 15 is 0 Å². The summed E-state index contributed by atoms with van der Waals surface area (Å²) in [7, 11) is 0. The minimum absolute atomic E-state index is 0.0590. The summed E-state index contributed by atoms with van der Waals surface area (Å²) >= 11 is 0. The zero-order valence-corrected chi connectivity index (χ0v) is 15.9. The maximum Gasteiger partial charge on any atom is 0.282 e. The van der Waals surface area contributed by atoms with Crippen LogP contribution >= 0.6 is 0 Å². The fraction of sp³-hybridized carbons (Fsp3) is 0.400. The van der Waals surface area contributed by atoms with Crippen LogP contribution in [0.4, 0.5) is 8.78 Å². The number of carbonyl (C=O) groups is 2. The van der Waals surface area contributed by atoms with Crippen LogP contribution < -0.4 is 0 Å². The number of hydrogen-bond acceptors (Lipinski definition) is 5. The minimum atomic E-state index is -3.00. The van der Waals surface area contributed by atoms with Crippen LogP contribution in [0.3, 0.4) is 0 Å². The van der Waals surface area contributed by atoms with Gasteiger partial charge in [-0.1, -0.05) is 19.9 Å².